The number of benzene rings is 2. The molecule has 2 aromatic carbocycles. The van der Waals surface area contributed by atoms with Crippen LogP contribution in [0.1, 0.15) is 42.3 Å². The van der Waals surface area contributed by atoms with Gasteiger partial charge in [0.1, 0.15) is 0 Å². The van der Waals surface area contributed by atoms with Crippen molar-refractivity contribution in [3.05, 3.63) is 58.8 Å². The van der Waals surface area contributed by atoms with Gasteiger partial charge in [-0.05, 0) is 64.1 Å². The van der Waals surface area contributed by atoms with Crippen LogP contribution in [0.3, 0.4) is 0 Å². The van der Waals surface area contributed by atoms with Crippen molar-refractivity contribution < 1.29 is 13.2 Å². The van der Waals surface area contributed by atoms with E-state index in [0.29, 0.717) is 17.4 Å². The zero-order chi connectivity index (χ0) is 23.9. The standard InChI is InChI=1S/C25H30F3N5/c1-15-14-33(12-11-32(15)5)19-9-10-21-18(4)30-31-24(22(21)13-19)29-17(3)20-7-6-8-23(16(20)2)25(26,27)28/h6-10,13,15,17H,11-12,14H2,1-5H3,(H,29,31)/t15-,17-/m1/s1. The number of piperazine rings is 1. The molecular weight excluding hydrogens is 427 g/mol. The van der Waals surface area contributed by atoms with Crippen molar-refractivity contribution in [2.45, 2.75) is 46.0 Å². The molecule has 2 heterocycles. The Balaban J connectivity index is 1.69. The van der Waals surface area contributed by atoms with E-state index < -0.39 is 11.7 Å². The van der Waals surface area contributed by atoms with Gasteiger partial charge < -0.3 is 15.1 Å². The number of rotatable bonds is 4. The molecule has 1 aliphatic rings. The van der Waals surface area contributed by atoms with Crippen molar-refractivity contribution >= 4 is 22.3 Å². The smallest absolute Gasteiger partial charge is 0.369 e. The lowest BCUT2D eigenvalue weighted by Crippen LogP contribution is -2.50. The van der Waals surface area contributed by atoms with Crippen LogP contribution < -0.4 is 10.2 Å². The predicted octanol–water partition coefficient (Wildman–Crippen LogP) is 5.58. The number of alkyl halides is 3. The molecule has 0 spiro atoms. The Morgan fingerprint density at radius 2 is 1.82 bits per heavy atom. The minimum Gasteiger partial charge on any atom is -0.369 e. The molecular formula is C25H30F3N5. The van der Waals surface area contributed by atoms with Crippen LogP contribution in [0.5, 0.6) is 0 Å². The highest BCUT2D eigenvalue weighted by molar-refractivity contribution is 5.95. The average Bonchev–Trinajstić information content (AvgIpc) is 2.76. The van der Waals surface area contributed by atoms with E-state index in [1.165, 1.54) is 13.0 Å². The summed E-state index contributed by atoms with van der Waals surface area (Å²) in [5.74, 6) is 0.573. The molecule has 33 heavy (non-hydrogen) atoms. The summed E-state index contributed by atoms with van der Waals surface area (Å²) in [7, 11) is 2.14. The van der Waals surface area contributed by atoms with Crippen LogP contribution in [0, 0.1) is 13.8 Å². The van der Waals surface area contributed by atoms with Crippen LogP contribution in [0.15, 0.2) is 36.4 Å². The minimum atomic E-state index is -4.38. The lowest BCUT2D eigenvalue weighted by molar-refractivity contribution is -0.138. The minimum absolute atomic E-state index is 0.224. The summed E-state index contributed by atoms with van der Waals surface area (Å²) in [5, 5.41) is 13.9. The van der Waals surface area contributed by atoms with Crippen molar-refractivity contribution in [2.75, 3.05) is 36.9 Å². The molecule has 0 amide bonds. The molecule has 176 valence electrons. The second kappa shape index (κ2) is 8.82. The second-order valence-electron chi connectivity index (χ2n) is 9.02. The van der Waals surface area contributed by atoms with Crippen molar-refractivity contribution in [3.63, 3.8) is 0 Å². The van der Waals surface area contributed by atoms with Crippen LogP contribution in [0.25, 0.3) is 10.8 Å². The molecule has 4 rings (SSSR count). The average molecular weight is 458 g/mol. The molecule has 1 saturated heterocycles. The molecule has 0 bridgehead atoms. The molecule has 3 aromatic rings. The van der Waals surface area contributed by atoms with Gasteiger partial charge in [0.15, 0.2) is 5.82 Å². The molecule has 1 fully saturated rings. The Kier molecular flexibility index (Phi) is 6.22. The fourth-order valence-electron chi connectivity index (χ4n) is 4.58. The molecule has 0 aliphatic carbocycles. The summed E-state index contributed by atoms with van der Waals surface area (Å²) in [4.78, 5) is 4.71. The number of nitrogens with zero attached hydrogens (tertiary/aromatic N) is 4. The number of likely N-dealkylation sites (N-methyl/N-ethyl adjacent to an activating group) is 1. The first-order valence-corrected chi connectivity index (χ1v) is 11.2. The molecule has 1 aliphatic heterocycles. The maximum atomic E-state index is 13.4. The fraction of sp³-hybridized carbons (Fsp3) is 0.440. The number of nitrogens with one attached hydrogen (secondary N) is 1. The van der Waals surface area contributed by atoms with Gasteiger partial charge in [-0.2, -0.15) is 18.3 Å². The lowest BCUT2D eigenvalue weighted by atomic mass is 9.97. The first-order valence-electron chi connectivity index (χ1n) is 11.2. The third-order valence-electron chi connectivity index (χ3n) is 6.77. The molecule has 1 N–H and O–H groups in total. The summed E-state index contributed by atoms with van der Waals surface area (Å²) >= 11 is 0. The van der Waals surface area contributed by atoms with Crippen LogP contribution in [-0.2, 0) is 6.18 Å². The molecule has 0 unspecified atom stereocenters. The lowest BCUT2D eigenvalue weighted by Gasteiger charge is -2.39. The molecule has 1 aromatic heterocycles. The number of aryl methyl sites for hydroxylation is 1. The number of hydrogen-bond acceptors (Lipinski definition) is 5. The summed E-state index contributed by atoms with van der Waals surface area (Å²) in [6.07, 6.45) is -4.38. The summed E-state index contributed by atoms with van der Waals surface area (Å²) in [5.41, 5.74) is 2.13. The SMILES string of the molecule is Cc1c([C@@H](C)Nc2nnc(C)c3ccc(N4CCN(C)[C@H](C)C4)cc23)cccc1C(F)(F)F. The Hall–Kier alpha value is -2.87. The van der Waals surface area contributed by atoms with Crippen LogP contribution in [0.4, 0.5) is 24.7 Å². The van der Waals surface area contributed by atoms with Crippen LogP contribution >= 0.6 is 0 Å². The van der Waals surface area contributed by atoms with Gasteiger partial charge in [0.2, 0.25) is 0 Å². The Morgan fingerprint density at radius 1 is 1.06 bits per heavy atom. The maximum Gasteiger partial charge on any atom is 0.416 e. The number of hydrogen-bond donors (Lipinski definition) is 1. The van der Waals surface area contributed by atoms with Gasteiger partial charge >= 0.3 is 6.18 Å². The zero-order valence-electron chi connectivity index (χ0n) is 19.7. The predicted molar refractivity (Wildman–Crippen MR) is 127 cm³/mol. The largest absolute Gasteiger partial charge is 0.416 e. The summed E-state index contributed by atoms with van der Waals surface area (Å²) < 4.78 is 40.2. The van der Waals surface area contributed by atoms with Gasteiger partial charge in [0.25, 0.3) is 0 Å². The molecule has 8 heteroatoms. The number of halogens is 3. The van der Waals surface area contributed by atoms with Gasteiger partial charge in [0.05, 0.1) is 17.3 Å². The quantitative estimate of drug-likeness (QED) is 0.554. The topological polar surface area (TPSA) is 44.3 Å². The van der Waals surface area contributed by atoms with E-state index in [9.17, 15) is 13.2 Å². The van der Waals surface area contributed by atoms with E-state index in [1.54, 1.807) is 6.07 Å². The van der Waals surface area contributed by atoms with E-state index in [2.05, 4.69) is 57.5 Å². The fourth-order valence-corrected chi connectivity index (χ4v) is 4.58. The summed E-state index contributed by atoms with van der Waals surface area (Å²) in [6, 6.07) is 10.7. The highest BCUT2D eigenvalue weighted by Crippen LogP contribution is 2.36. The normalized spacial score (nSPS) is 18.5. The van der Waals surface area contributed by atoms with Crippen molar-refractivity contribution in [1.29, 1.82) is 0 Å². The third-order valence-corrected chi connectivity index (χ3v) is 6.77. The summed E-state index contributed by atoms with van der Waals surface area (Å²) in [6.45, 7) is 10.4. The number of anilines is 2. The maximum absolute atomic E-state index is 13.4. The molecule has 0 radical (unpaired) electrons. The van der Waals surface area contributed by atoms with Crippen molar-refractivity contribution in [3.8, 4) is 0 Å². The Labute approximate surface area is 192 Å². The van der Waals surface area contributed by atoms with Gasteiger partial charge in [-0.25, -0.2) is 0 Å². The van der Waals surface area contributed by atoms with Gasteiger partial charge in [-0.1, -0.05) is 18.2 Å². The van der Waals surface area contributed by atoms with Crippen LogP contribution in [-0.4, -0.2) is 47.8 Å². The van der Waals surface area contributed by atoms with E-state index in [1.807, 2.05) is 13.8 Å². The van der Waals surface area contributed by atoms with Crippen molar-refractivity contribution in [2.24, 2.45) is 0 Å². The molecule has 5 nitrogen and oxygen atoms in total. The van der Waals surface area contributed by atoms with E-state index in [4.69, 9.17) is 0 Å². The second-order valence-corrected chi connectivity index (χ2v) is 9.02. The molecule has 0 saturated carbocycles. The first kappa shape index (κ1) is 23.3. The number of fused-ring (bicyclic) bond motifs is 1. The third kappa shape index (κ3) is 4.62. The first-order chi connectivity index (χ1) is 15.6. The van der Waals surface area contributed by atoms with E-state index in [0.717, 1.165) is 47.9 Å². The van der Waals surface area contributed by atoms with Crippen LogP contribution in [0.2, 0.25) is 0 Å². The highest BCUT2D eigenvalue weighted by Gasteiger charge is 2.33. The van der Waals surface area contributed by atoms with Crippen molar-refractivity contribution in [1.82, 2.24) is 15.1 Å². The van der Waals surface area contributed by atoms with E-state index >= 15 is 0 Å². The van der Waals surface area contributed by atoms with E-state index in [-0.39, 0.29) is 11.6 Å². The number of aromatic nitrogens is 2. The Bertz CT molecular complexity index is 1160. The highest BCUT2D eigenvalue weighted by atomic mass is 19.4. The van der Waals surface area contributed by atoms with Gasteiger partial charge in [0, 0.05) is 42.1 Å². The molecule has 2 atom stereocenters. The van der Waals surface area contributed by atoms with Gasteiger partial charge in [-0.3, -0.25) is 0 Å². The Morgan fingerprint density at radius 3 is 2.52 bits per heavy atom. The zero-order valence-corrected chi connectivity index (χ0v) is 19.7. The monoisotopic (exact) mass is 457 g/mol. The van der Waals surface area contributed by atoms with Gasteiger partial charge in [-0.15, -0.1) is 5.10 Å².